The second kappa shape index (κ2) is 5.35. The molecule has 1 N–H and O–H groups in total. The van der Waals surface area contributed by atoms with Gasteiger partial charge in [0.05, 0.1) is 13.2 Å². The average Bonchev–Trinajstić information content (AvgIpc) is 2.38. The average molecular weight is 251 g/mol. The van der Waals surface area contributed by atoms with E-state index in [2.05, 4.69) is 4.74 Å². The van der Waals surface area contributed by atoms with E-state index in [1.54, 1.807) is 12.3 Å². The fraction of sp³-hybridized carbons (Fsp3) is 0.538. The lowest BCUT2D eigenvalue weighted by molar-refractivity contribution is 0.0597. The van der Waals surface area contributed by atoms with Gasteiger partial charge in [0.15, 0.2) is 0 Å². The van der Waals surface area contributed by atoms with Crippen LogP contribution in [0.25, 0.3) is 0 Å². The van der Waals surface area contributed by atoms with Gasteiger partial charge < -0.3 is 14.4 Å². The Morgan fingerprint density at radius 3 is 2.94 bits per heavy atom. The molecule has 0 saturated heterocycles. The molecule has 1 fully saturated rings. The number of ether oxygens (including phenoxy) is 1. The third-order valence-corrected chi connectivity index (χ3v) is 3.39. The van der Waals surface area contributed by atoms with Crippen molar-refractivity contribution in [3.05, 3.63) is 34.2 Å². The maximum absolute atomic E-state index is 12.2. The third-order valence-electron chi connectivity index (χ3n) is 3.39. The first-order valence-corrected chi connectivity index (χ1v) is 6.11. The van der Waals surface area contributed by atoms with Crippen LogP contribution in [0.15, 0.2) is 23.1 Å². The molecule has 18 heavy (non-hydrogen) atoms. The molecule has 1 aliphatic carbocycles. The number of aromatic nitrogens is 1. The predicted molar refractivity (Wildman–Crippen MR) is 65.6 cm³/mol. The van der Waals surface area contributed by atoms with Gasteiger partial charge in [-0.05, 0) is 37.8 Å². The smallest absolute Gasteiger partial charge is 0.343 e. The normalized spacial score (nSPS) is 23.7. The van der Waals surface area contributed by atoms with Crippen LogP contribution in [0.2, 0.25) is 0 Å². The lowest BCUT2D eigenvalue weighted by Crippen LogP contribution is -2.32. The Labute approximate surface area is 105 Å². The monoisotopic (exact) mass is 251 g/mol. The highest BCUT2D eigenvalue weighted by Crippen LogP contribution is 2.27. The predicted octanol–water partition coefficient (Wildman–Crippen LogP) is 1.11. The Morgan fingerprint density at radius 1 is 1.50 bits per heavy atom. The highest BCUT2D eigenvalue weighted by Gasteiger charge is 2.23. The van der Waals surface area contributed by atoms with Crippen molar-refractivity contribution in [3.63, 3.8) is 0 Å². The molecule has 0 spiro atoms. The number of methoxy groups -OCH3 is 1. The molecule has 98 valence electrons. The van der Waals surface area contributed by atoms with Gasteiger partial charge in [0.1, 0.15) is 5.56 Å². The van der Waals surface area contributed by atoms with Crippen LogP contribution in [0.3, 0.4) is 0 Å². The molecule has 1 aromatic heterocycles. The summed E-state index contributed by atoms with van der Waals surface area (Å²) >= 11 is 0. The first-order chi connectivity index (χ1) is 8.63. The Hall–Kier alpha value is -1.62. The first kappa shape index (κ1) is 12.8. The van der Waals surface area contributed by atoms with E-state index in [1.807, 2.05) is 0 Å². The molecule has 0 radical (unpaired) electrons. The standard InChI is InChI=1S/C13H17NO4/c1-18-13(17)11-6-3-7-14(12(11)16)9-4-2-5-10(15)8-9/h3,6-7,9-10,15H,2,4-5,8H2,1H3/t9-,10-/m0/s1. The van der Waals surface area contributed by atoms with Gasteiger partial charge in [0.25, 0.3) is 5.56 Å². The summed E-state index contributed by atoms with van der Waals surface area (Å²) in [6.07, 6.45) is 4.38. The van der Waals surface area contributed by atoms with Crippen molar-refractivity contribution in [1.29, 1.82) is 0 Å². The highest BCUT2D eigenvalue weighted by molar-refractivity contribution is 5.88. The number of aliphatic hydroxyl groups excluding tert-OH is 1. The summed E-state index contributed by atoms with van der Waals surface area (Å²) in [5.74, 6) is -0.620. The molecule has 0 aromatic carbocycles. The van der Waals surface area contributed by atoms with Gasteiger partial charge in [-0.15, -0.1) is 0 Å². The maximum Gasteiger partial charge on any atom is 0.343 e. The molecule has 1 aliphatic rings. The Kier molecular flexibility index (Phi) is 3.81. The van der Waals surface area contributed by atoms with Crippen LogP contribution in [-0.2, 0) is 4.74 Å². The Balaban J connectivity index is 2.34. The molecular formula is C13H17NO4. The molecule has 5 nitrogen and oxygen atoms in total. The number of esters is 1. The molecule has 0 unspecified atom stereocenters. The molecule has 0 bridgehead atoms. The second-order valence-electron chi connectivity index (χ2n) is 4.60. The van der Waals surface area contributed by atoms with Gasteiger partial charge in [0.2, 0.25) is 0 Å². The van der Waals surface area contributed by atoms with Crippen molar-refractivity contribution in [2.24, 2.45) is 0 Å². The van der Waals surface area contributed by atoms with Crippen molar-refractivity contribution in [3.8, 4) is 0 Å². The van der Waals surface area contributed by atoms with Crippen LogP contribution in [0, 0.1) is 0 Å². The van der Waals surface area contributed by atoms with Crippen LogP contribution in [0.5, 0.6) is 0 Å². The largest absolute Gasteiger partial charge is 0.465 e. The Bertz CT molecular complexity index is 494. The van der Waals surface area contributed by atoms with E-state index in [0.717, 1.165) is 19.3 Å². The number of pyridine rings is 1. The van der Waals surface area contributed by atoms with Crippen molar-refractivity contribution in [2.75, 3.05) is 7.11 Å². The highest BCUT2D eigenvalue weighted by atomic mass is 16.5. The van der Waals surface area contributed by atoms with Crippen LogP contribution in [0.4, 0.5) is 0 Å². The minimum atomic E-state index is -0.620. The SMILES string of the molecule is COC(=O)c1cccn([C@H]2CCC[C@H](O)C2)c1=O. The number of rotatable bonds is 2. The van der Waals surface area contributed by atoms with Gasteiger partial charge in [-0.2, -0.15) is 0 Å². The summed E-state index contributed by atoms with van der Waals surface area (Å²) in [5.41, 5.74) is -0.302. The van der Waals surface area contributed by atoms with E-state index >= 15 is 0 Å². The molecule has 1 aromatic rings. The van der Waals surface area contributed by atoms with Gasteiger partial charge >= 0.3 is 5.97 Å². The van der Waals surface area contributed by atoms with Crippen LogP contribution in [0.1, 0.15) is 42.1 Å². The third kappa shape index (κ3) is 2.46. The second-order valence-corrected chi connectivity index (χ2v) is 4.60. The van der Waals surface area contributed by atoms with Crippen molar-refractivity contribution in [2.45, 2.75) is 37.8 Å². The van der Waals surface area contributed by atoms with Crippen LogP contribution in [-0.4, -0.2) is 28.9 Å². The molecule has 1 heterocycles. The zero-order valence-corrected chi connectivity index (χ0v) is 10.3. The van der Waals surface area contributed by atoms with Crippen molar-refractivity contribution in [1.82, 2.24) is 4.57 Å². The van der Waals surface area contributed by atoms with Crippen molar-refractivity contribution < 1.29 is 14.6 Å². The Morgan fingerprint density at radius 2 is 2.28 bits per heavy atom. The summed E-state index contributed by atoms with van der Waals surface area (Å²) in [7, 11) is 1.25. The lowest BCUT2D eigenvalue weighted by atomic mass is 9.92. The number of carbonyl (C=O) groups is 1. The quantitative estimate of drug-likeness (QED) is 0.799. The summed E-state index contributed by atoms with van der Waals surface area (Å²) in [6, 6.07) is 3.09. The molecule has 0 aliphatic heterocycles. The molecular weight excluding hydrogens is 234 g/mol. The molecule has 2 rings (SSSR count). The van der Waals surface area contributed by atoms with E-state index in [4.69, 9.17) is 0 Å². The minimum absolute atomic E-state index is 0.0362. The van der Waals surface area contributed by atoms with Crippen LogP contribution >= 0.6 is 0 Å². The summed E-state index contributed by atoms with van der Waals surface area (Å²) in [5, 5.41) is 9.65. The van der Waals surface area contributed by atoms with E-state index < -0.39 is 5.97 Å². The van der Waals surface area contributed by atoms with Crippen LogP contribution < -0.4 is 5.56 Å². The van der Waals surface area contributed by atoms with Gasteiger partial charge in [-0.25, -0.2) is 4.79 Å². The first-order valence-electron chi connectivity index (χ1n) is 6.11. The number of aliphatic hydroxyl groups is 1. The number of hydrogen-bond acceptors (Lipinski definition) is 4. The number of carbonyl (C=O) groups excluding carboxylic acids is 1. The van der Waals surface area contributed by atoms with E-state index in [-0.39, 0.29) is 23.3 Å². The summed E-state index contributed by atoms with van der Waals surface area (Å²) in [6.45, 7) is 0. The van der Waals surface area contributed by atoms with Gasteiger partial charge in [-0.3, -0.25) is 4.79 Å². The molecule has 5 heteroatoms. The van der Waals surface area contributed by atoms with E-state index in [9.17, 15) is 14.7 Å². The maximum atomic E-state index is 12.2. The fourth-order valence-electron chi connectivity index (χ4n) is 2.45. The lowest BCUT2D eigenvalue weighted by Gasteiger charge is -2.27. The van der Waals surface area contributed by atoms with Crippen molar-refractivity contribution >= 4 is 5.97 Å². The molecule has 2 atom stereocenters. The minimum Gasteiger partial charge on any atom is -0.465 e. The summed E-state index contributed by atoms with van der Waals surface area (Å²) < 4.78 is 6.12. The summed E-state index contributed by atoms with van der Waals surface area (Å²) in [4.78, 5) is 23.6. The number of hydrogen-bond donors (Lipinski definition) is 1. The van der Waals surface area contributed by atoms with Gasteiger partial charge in [0, 0.05) is 12.2 Å². The molecule has 1 saturated carbocycles. The zero-order valence-electron chi connectivity index (χ0n) is 10.3. The zero-order chi connectivity index (χ0) is 13.1. The molecule has 0 amide bonds. The fourth-order valence-corrected chi connectivity index (χ4v) is 2.45. The topological polar surface area (TPSA) is 68.5 Å². The van der Waals surface area contributed by atoms with Gasteiger partial charge in [-0.1, -0.05) is 0 Å². The number of nitrogens with zero attached hydrogens (tertiary/aromatic N) is 1. The van der Waals surface area contributed by atoms with E-state index in [0.29, 0.717) is 6.42 Å². The van der Waals surface area contributed by atoms with E-state index in [1.165, 1.54) is 17.7 Å².